The van der Waals surface area contributed by atoms with Gasteiger partial charge >= 0.3 is 13.7 Å². The van der Waals surface area contributed by atoms with E-state index in [-0.39, 0.29) is 41.0 Å². The van der Waals surface area contributed by atoms with Crippen LogP contribution in [0.5, 0.6) is 5.75 Å². The molecule has 5 aromatic rings. The van der Waals surface area contributed by atoms with E-state index >= 15 is 4.39 Å². The second-order valence-corrected chi connectivity index (χ2v) is 14.3. The maximum Gasteiger partial charge on any atom is 0.459 e. The van der Waals surface area contributed by atoms with Crippen molar-refractivity contribution in [2.24, 2.45) is 5.73 Å². The molecule has 1 saturated heterocycles. The summed E-state index contributed by atoms with van der Waals surface area (Å²) in [6.07, 6.45) is -5.58. The minimum absolute atomic E-state index is 0.00446. The van der Waals surface area contributed by atoms with E-state index < -0.39 is 68.7 Å². The Morgan fingerprint density at radius 3 is 2.44 bits per heavy atom. The lowest BCUT2D eigenvalue weighted by atomic mass is 10.1. The van der Waals surface area contributed by atoms with E-state index in [0.29, 0.717) is 5.56 Å². The molecule has 19 heteroatoms. The van der Waals surface area contributed by atoms with Crippen molar-refractivity contribution in [3.8, 4) is 5.75 Å². The van der Waals surface area contributed by atoms with Crippen LogP contribution in [0.4, 0.5) is 14.6 Å². The molecule has 0 radical (unpaired) electrons. The molecule has 3 aromatic carbocycles. The molecule has 0 bridgehead atoms. The Balaban J connectivity index is 1.14. The van der Waals surface area contributed by atoms with Gasteiger partial charge in [-0.2, -0.15) is 15.1 Å². The van der Waals surface area contributed by atoms with Gasteiger partial charge in [0, 0.05) is 0 Å². The Morgan fingerprint density at radius 2 is 1.74 bits per heavy atom. The highest BCUT2D eigenvalue weighted by Crippen LogP contribution is 2.46. The third-order valence-electron chi connectivity index (χ3n) is 8.22. The number of esters is 1. The van der Waals surface area contributed by atoms with Crippen LogP contribution in [0.3, 0.4) is 0 Å². The van der Waals surface area contributed by atoms with Crippen LogP contribution < -0.4 is 20.7 Å². The van der Waals surface area contributed by atoms with Gasteiger partial charge in [-0.05, 0) is 60.3 Å². The van der Waals surface area contributed by atoms with Crippen LogP contribution in [-0.2, 0) is 41.2 Å². The SMILES string of the molecule is CC(NP(=O)(OC[C@H]1O[C@@H](n2cnc3c(NC(=O)C(N)Cc4ccc(F)cc4)nc(Cl)nc32)[C@H](F)[C@H]1O)Oc1ccccc1)C(=O)OCc1ccccc1. The van der Waals surface area contributed by atoms with Gasteiger partial charge in [0.05, 0.1) is 19.0 Å². The number of nitrogens with one attached hydrogen (secondary N) is 2. The number of halogens is 3. The van der Waals surface area contributed by atoms with Crippen molar-refractivity contribution in [2.45, 2.75) is 56.6 Å². The molecule has 0 saturated carbocycles. The first-order valence-corrected chi connectivity index (χ1v) is 18.5. The fourth-order valence-corrected chi connectivity index (χ4v) is 7.10. The van der Waals surface area contributed by atoms with Crippen LogP contribution in [0.2, 0.25) is 5.28 Å². The molecule has 284 valence electrons. The Hall–Kier alpha value is -4.87. The fourth-order valence-electron chi connectivity index (χ4n) is 5.43. The number of carbonyl (C=O) groups is 2. The van der Waals surface area contributed by atoms with E-state index in [1.807, 2.05) is 6.07 Å². The zero-order valence-electron chi connectivity index (χ0n) is 28.5. The molecule has 0 spiro atoms. The summed E-state index contributed by atoms with van der Waals surface area (Å²) in [5.74, 6) is -1.84. The quantitative estimate of drug-likeness (QED) is 0.0650. The zero-order chi connectivity index (χ0) is 38.4. The van der Waals surface area contributed by atoms with E-state index in [0.717, 1.165) is 16.5 Å². The molecule has 1 amide bonds. The monoisotopic (exact) mass is 785 g/mol. The van der Waals surface area contributed by atoms with Crippen molar-refractivity contribution < 1.29 is 46.6 Å². The summed E-state index contributed by atoms with van der Waals surface area (Å²) in [6, 6.07) is 20.2. The molecule has 15 nitrogen and oxygen atoms in total. The van der Waals surface area contributed by atoms with E-state index in [2.05, 4.69) is 25.4 Å². The summed E-state index contributed by atoms with van der Waals surface area (Å²) < 4.78 is 66.7. The molecule has 3 heterocycles. The Bertz CT molecular complexity index is 2120. The number of ether oxygens (including phenoxy) is 2. The van der Waals surface area contributed by atoms with Crippen LogP contribution >= 0.6 is 19.3 Å². The van der Waals surface area contributed by atoms with E-state index in [1.54, 1.807) is 42.5 Å². The largest absolute Gasteiger partial charge is 0.460 e. The number of hydrogen-bond acceptors (Lipinski definition) is 12. The van der Waals surface area contributed by atoms with Gasteiger partial charge in [0.15, 0.2) is 29.4 Å². The number of rotatable bonds is 15. The highest BCUT2D eigenvalue weighted by molar-refractivity contribution is 7.52. The second-order valence-electron chi connectivity index (χ2n) is 12.2. The number of imidazole rings is 1. The van der Waals surface area contributed by atoms with Crippen molar-refractivity contribution in [1.29, 1.82) is 0 Å². The summed E-state index contributed by atoms with van der Waals surface area (Å²) in [7, 11) is -4.41. The smallest absolute Gasteiger partial charge is 0.459 e. The molecule has 1 aliphatic rings. The first-order valence-electron chi connectivity index (χ1n) is 16.6. The van der Waals surface area contributed by atoms with Gasteiger partial charge in [0.1, 0.15) is 36.4 Å². The fraction of sp³-hybridized carbons (Fsp3) is 0.286. The van der Waals surface area contributed by atoms with Crippen LogP contribution in [0, 0.1) is 5.82 Å². The second kappa shape index (κ2) is 17.1. The molecule has 0 aliphatic carbocycles. The number of fused-ring (bicyclic) bond motifs is 1. The topological polar surface area (TPSA) is 202 Å². The van der Waals surface area contributed by atoms with Gasteiger partial charge < -0.3 is 30.2 Å². The molecule has 7 atom stereocenters. The third kappa shape index (κ3) is 9.43. The maximum atomic E-state index is 15.7. The summed E-state index contributed by atoms with van der Waals surface area (Å²) in [6.45, 7) is 0.714. The number of para-hydroxylation sites is 1. The van der Waals surface area contributed by atoms with Crippen LogP contribution in [0.25, 0.3) is 11.2 Å². The lowest BCUT2D eigenvalue weighted by Gasteiger charge is -2.24. The van der Waals surface area contributed by atoms with Gasteiger partial charge in [-0.1, -0.05) is 60.7 Å². The van der Waals surface area contributed by atoms with Crippen molar-refractivity contribution in [2.75, 3.05) is 11.9 Å². The number of carbonyl (C=O) groups excluding carboxylic acids is 2. The lowest BCUT2D eigenvalue weighted by Crippen LogP contribution is -2.37. The number of aliphatic hydroxyl groups excluding tert-OH is 1. The Morgan fingerprint density at radius 1 is 1.06 bits per heavy atom. The predicted molar refractivity (Wildman–Crippen MR) is 191 cm³/mol. The number of nitrogens with zero attached hydrogens (tertiary/aromatic N) is 4. The summed E-state index contributed by atoms with van der Waals surface area (Å²) >= 11 is 6.17. The van der Waals surface area contributed by atoms with Crippen molar-refractivity contribution in [3.05, 3.63) is 113 Å². The van der Waals surface area contributed by atoms with Gasteiger partial charge in [-0.15, -0.1) is 0 Å². The standard InChI is InChI=1S/C35H35ClF2N7O8P/c1-20(34(48)50-17-22-8-4-2-5-9-22)44-54(49,53-24-10-6-3-7-11-24)51-18-26-29(46)27(38)33(52-26)45-19-40-28-30(42-35(36)43-31(28)45)41-32(47)25(39)16-21-12-14-23(37)15-13-21/h2-15,19-20,25-27,29,33,46H,16-18,39H2,1H3,(H,44,49)(H,41,42,43,47)/t20?,25?,26-,27-,29+,33-,54?/m1/s1. The average Bonchev–Trinajstić information content (AvgIpc) is 3.70. The van der Waals surface area contributed by atoms with Gasteiger partial charge in [0.25, 0.3) is 0 Å². The molecule has 1 fully saturated rings. The van der Waals surface area contributed by atoms with Crippen LogP contribution in [0.1, 0.15) is 24.3 Å². The highest BCUT2D eigenvalue weighted by atomic mass is 35.5. The van der Waals surface area contributed by atoms with Crippen LogP contribution in [0.15, 0.2) is 91.3 Å². The maximum absolute atomic E-state index is 15.7. The van der Waals surface area contributed by atoms with Crippen LogP contribution in [-0.4, -0.2) is 73.6 Å². The van der Waals surface area contributed by atoms with Gasteiger partial charge in [-0.25, -0.2) is 18.3 Å². The molecular weight excluding hydrogens is 751 g/mol. The summed E-state index contributed by atoms with van der Waals surface area (Å²) in [5.41, 5.74) is 7.38. The van der Waals surface area contributed by atoms with Crippen molar-refractivity contribution in [3.63, 3.8) is 0 Å². The number of benzene rings is 3. The molecule has 6 rings (SSSR count). The molecule has 2 aromatic heterocycles. The minimum Gasteiger partial charge on any atom is -0.460 e. The number of aromatic nitrogens is 4. The summed E-state index contributed by atoms with van der Waals surface area (Å²) in [5, 5.41) is 15.6. The molecule has 5 N–H and O–H groups in total. The molecular formula is C35H35ClF2N7O8P. The van der Waals surface area contributed by atoms with Gasteiger partial charge in [-0.3, -0.25) is 18.7 Å². The van der Waals surface area contributed by atoms with E-state index in [4.69, 9.17) is 35.9 Å². The van der Waals surface area contributed by atoms with Gasteiger partial charge in [0.2, 0.25) is 11.2 Å². The zero-order valence-corrected chi connectivity index (χ0v) is 30.1. The minimum atomic E-state index is -4.41. The Labute approximate surface area is 312 Å². The molecule has 3 unspecified atom stereocenters. The first kappa shape index (κ1) is 38.8. The van der Waals surface area contributed by atoms with Crippen molar-refractivity contribution in [1.82, 2.24) is 24.6 Å². The highest BCUT2D eigenvalue weighted by Gasteiger charge is 2.47. The number of alkyl halides is 1. The lowest BCUT2D eigenvalue weighted by molar-refractivity contribution is -0.146. The first-order chi connectivity index (χ1) is 25.9. The number of amides is 1. The summed E-state index contributed by atoms with van der Waals surface area (Å²) in [4.78, 5) is 38.1. The van der Waals surface area contributed by atoms with Crippen molar-refractivity contribution >= 4 is 48.2 Å². The number of anilines is 1. The van der Waals surface area contributed by atoms with E-state index in [9.17, 15) is 23.7 Å². The Kier molecular flexibility index (Phi) is 12.3. The molecule has 1 aliphatic heterocycles. The predicted octanol–water partition coefficient (Wildman–Crippen LogP) is 4.65. The normalized spacial score (nSPS) is 20.6. The number of aliphatic hydroxyl groups is 1. The molecule has 54 heavy (non-hydrogen) atoms. The number of hydrogen-bond donors (Lipinski definition) is 4. The average molecular weight is 786 g/mol. The van der Waals surface area contributed by atoms with E-state index in [1.165, 1.54) is 43.3 Å². The number of nitrogens with two attached hydrogens (primary N) is 1. The third-order valence-corrected chi connectivity index (χ3v) is 10.0.